The normalized spacial score (nSPS) is 26.9. The molecular weight excluding hydrogens is 168 g/mol. The molecule has 0 N–H and O–H groups in total. The van der Waals surface area contributed by atoms with Crippen LogP contribution in [0.2, 0.25) is 0 Å². The minimum absolute atomic E-state index is 0.154. The van der Waals surface area contributed by atoms with Crippen LogP contribution < -0.4 is 0 Å². The first-order valence-corrected chi connectivity index (χ1v) is 4.39. The first kappa shape index (κ1) is 9.96. The monoisotopic (exact) mass is 182 g/mol. The number of ketones is 1. The molecule has 13 heavy (non-hydrogen) atoms. The van der Waals surface area contributed by atoms with Crippen LogP contribution in [0.15, 0.2) is 12.2 Å². The summed E-state index contributed by atoms with van der Waals surface area (Å²) in [4.78, 5) is 22.8. The van der Waals surface area contributed by atoms with Gasteiger partial charge in [0.05, 0.1) is 6.10 Å². The first-order chi connectivity index (χ1) is 5.97. The predicted octanol–water partition coefficient (Wildman–Crippen LogP) is 1.47. The van der Waals surface area contributed by atoms with E-state index in [0.717, 1.165) is 0 Å². The summed E-state index contributed by atoms with van der Waals surface area (Å²) >= 11 is 0. The minimum atomic E-state index is -0.968. The molecular formula is C10H14O3. The van der Waals surface area contributed by atoms with Crippen molar-refractivity contribution in [1.29, 1.82) is 0 Å². The maximum absolute atomic E-state index is 11.5. The van der Waals surface area contributed by atoms with Gasteiger partial charge in [0.25, 0.3) is 0 Å². The third-order valence-corrected chi connectivity index (χ3v) is 2.13. The Bertz CT molecular complexity index is 265. The lowest BCUT2D eigenvalue weighted by Crippen LogP contribution is -2.35. The number of rotatable bonds is 2. The van der Waals surface area contributed by atoms with Crippen molar-refractivity contribution in [3.05, 3.63) is 12.2 Å². The van der Waals surface area contributed by atoms with E-state index in [0.29, 0.717) is 6.42 Å². The Kier molecular flexibility index (Phi) is 2.55. The summed E-state index contributed by atoms with van der Waals surface area (Å²) in [7, 11) is 0. The quantitative estimate of drug-likeness (QED) is 0.480. The number of carbonyl (C=O) groups excluding carboxylic acids is 2. The summed E-state index contributed by atoms with van der Waals surface area (Å²) in [5.41, 5.74) is -0.968. The molecule has 1 aliphatic rings. The van der Waals surface area contributed by atoms with Gasteiger partial charge in [0, 0.05) is 0 Å². The van der Waals surface area contributed by atoms with Gasteiger partial charge in [0.2, 0.25) is 0 Å². The molecule has 1 atom stereocenters. The largest absolute Gasteiger partial charge is 0.462 e. The van der Waals surface area contributed by atoms with Gasteiger partial charge in [-0.1, -0.05) is 6.08 Å². The highest BCUT2D eigenvalue weighted by Gasteiger charge is 2.43. The van der Waals surface area contributed by atoms with Crippen molar-refractivity contribution in [2.45, 2.75) is 33.3 Å². The zero-order chi connectivity index (χ0) is 10.1. The number of esters is 1. The molecule has 1 unspecified atom stereocenters. The fraction of sp³-hybridized carbons (Fsp3) is 0.600. The van der Waals surface area contributed by atoms with Crippen LogP contribution in [0.1, 0.15) is 27.2 Å². The van der Waals surface area contributed by atoms with E-state index in [9.17, 15) is 9.59 Å². The van der Waals surface area contributed by atoms with Crippen molar-refractivity contribution >= 4 is 11.8 Å². The molecule has 0 aromatic carbocycles. The van der Waals surface area contributed by atoms with Crippen LogP contribution in [-0.4, -0.2) is 17.9 Å². The average Bonchev–Trinajstić information content (AvgIpc) is 2.32. The second-order valence-electron chi connectivity index (χ2n) is 3.76. The third kappa shape index (κ3) is 1.79. The molecule has 0 spiro atoms. The standard InChI is InChI=1S/C10H14O3/c1-7(2)13-9(12)10(3)6-4-5-8(10)11/h4-5,7H,6H2,1-3H3. The van der Waals surface area contributed by atoms with Gasteiger partial charge >= 0.3 is 5.97 Å². The molecule has 1 rings (SSSR count). The highest BCUT2D eigenvalue weighted by Crippen LogP contribution is 2.31. The van der Waals surface area contributed by atoms with Crippen LogP contribution in [0.25, 0.3) is 0 Å². The van der Waals surface area contributed by atoms with Gasteiger partial charge in [0.1, 0.15) is 5.41 Å². The second kappa shape index (κ2) is 3.32. The summed E-state index contributed by atoms with van der Waals surface area (Å²) < 4.78 is 5.01. The molecule has 3 heteroatoms. The maximum atomic E-state index is 11.5. The number of hydrogen-bond acceptors (Lipinski definition) is 3. The Labute approximate surface area is 77.8 Å². The van der Waals surface area contributed by atoms with Crippen molar-refractivity contribution in [3.63, 3.8) is 0 Å². The van der Waals surface area contributed by atoms with Crippen LogP contribution in [0.4, 0.5) is 0 Å². The number of ether oxygens (including phenoxy) is 1. The third-order valence-electron chi connectivity index (χ3n) is 2.13. The van der Waals surface area contributed by atoms with Crippen molar-refractivity contribution < 1.29 is 14.3 Å². The van der Waals surface area contributed by atoms with Crippen molar-refractivity contribution in [3.8, 4) is 0 Å². The molecule has 0 saturated heterocycles. The van der Waals surface area contributed by atoms with Gasteiger partial charge in [-0.15, -0.1) is 0 Å². The van der Waals surface area contributed by atoms with E-state index in [4.69, 9.17) is 4.74 Å². The smallest absolute Gasteiger partial charge is 0.320 e. The Morgan fingerprint density at radius 3 is 2.62 bits per heavy atom. The van der Waals surface area contributed by atoms with E-state index in [2.05, 4.69) is 0 Å². The number of carbonyl (C=O) groups is 2. The van der Waals surface area contributed by atoms with E-state index in [1.54, 1.807) is 26.8 Å². The van der Waals surface area contributed by atoms with E-state index in [1.807, 2.05) is 0 Å². The zero-order valence-corrected chi connectivity index (χ0v) is 8.16. The van der Waals surface area contributed by atoms with Gasteiger partial charge in [-0.05, 0) is 33.3 Å². The zero-order valence-electron chi connectivity index (χ0n) is 8.16. The van der Waals surface area contributed by atoms with Gasteiger partial charge < -0.3 is 4.74 Å². The van der Waals surface area contributed by atoms with Crippen molar-refractivity contribution in [2.24, 2.45) is 5.41 Å². The van der Waals surface area contributed by atoms with Crippen molar-refractivity contribution in [2.75, 3.05) is 0 Å². The lowest BCUT2D eigenvalue weighted by Gasteiger charge is -2.21. The van der Waals surface area contributed by atoms with Crippen molar-refractivity contribution in [1.82, 2.24) is 0 Å². The molecule has 1 aliphatic carbocycles. The van der Waals surface area contributed by atoms with E-state index < -0.39 is 11.4 Å². The second-order valence-corrected chi connectivity index (χ2v) is 3.76. The Hall–Kier alpha value is -1.12. The summed E-state index contributed by atoms with van der Waals surface area (Å²) in [6.45, 7) is 5.17. The summed E-state index contributed by atoms with van der Waals surface area (Å²) in [6, 6.07) is 0. The molecule has 0 heterocycles. The first-order valence-electron chi connectivity index (χ1n) is 4.39. The summed E-state index contributed by atoms with van der Waals surface area (Å²) in [6.07, 6.45) is 3.45. The van der Waals surface area contributed by atoms with Crippen LogP contribution in [0, 0.1) is 5.41 Å². The van der Waals surface area contributed by atoms with Crippen LogP contribution >= 0.6 is 0 Å². The molecule has 0 saturated carbocycles. The molecule has 0 fully saturated rings. The predicted molar refractivity (Wildman–Crippen MR) is 48.1 cm³/mol. The summed E-state index contributed by atoms with van der Waals surface area (Å²) in [5, 5.41) is 0. The lowest BCUT2D eigenvalue weighted by atomic mass is 9.87. The molecule has 0 aromatic heterocycles. The average molecular weight is 182 g/mol. The molecule has 0 aromatic rings. The van der Waals surface area contributed by atoms with E-state index >= 15 is 0 Å². The molecule has 3 nitrogen and oxygen atoms in total. The van der Waals surface area contributed by atoms with Gasteiger partial charge in [-0.2, -0.15) is 0 Å². The highest BCUT2D eigenvalue weighted by molar-refractivity contribution is 6.10. The Morgan fingerprint density at radius 2 is 2.23 bits per heavy atom. The van der Waals surface area contributed by atoms with E-state index in [1.165, 1.54) is 6.08 Å². The summed E-state index contributed by atoms with van der Waals surface area (Å²) in [5.74, 6) is -0.573. The number of hydrogen-bond donors (Lipinski definition) is 0. The van der Waals surface area contributed by atoms with E-state index in [-0.39, 0.29) is 11.9 Å². The molecule has 72 valence electrons. The fourth-order valence-electron chi connectivity index (χ4n) is 1.21. The Balaban J connectivity index is 2.71. The highest BCUT2D eigenvalue weighted by atomic mass is 16.5. The lowest BCUT2D eigenvalue weighted by molar-refractivity contribution is -0.160. The molecule has 0 bridgehead atoms. The molecule has 0 amide bonds. The molecule has 0 aliphatic heterocycles. The fourth-order valence-corrected chi connectivity index (χ4v) is 1.21. The molecule has 0 radical (unpaired) electrons. The van der Waals surface area contributed by atoms with Gasteiger partial charge in [-0.25, -0.2) is 0 Å². The SMILES string of the molecule is CC(C)OC(=O)C1(C)CC=CC1=O. The maximum Gasteiger partial charge on any atom is 0.320 e. The number of allylic oxidation sites excluding steroid dienone is 2. The topological polar surface area (TPSA) is 43.4 Å². The van der Waals surface area contributed by atoms with Gasteiger partial charge in [0.15, 0.2) is 5.78 Å². The van der Waals surface area contributed by atoms with Gasteiger partial charge in [-0.3, -0.25) is 9.59 Å². The van der Waals surface area contributed by atoms with Crippen LogP contribution in [-0.2, 0) is 14.3 Å². The Morgan fingerprint density at radius 1 is 1.62 bits per heavy atom. The minimum Gasteiger partial charge on any atom is -0.462 e. The van der Waals surface area contributed by atoms with Crippen LogP contribution in [0.5, 0.6) is 0 Å². The van der Waals surface area contributed by atoms with Crippen LogP contribution in [0.3, 0.4) is 0 Å².